The zero-order valence-electron chi connectivity index (χ0n) is 10.8. The van der Waals surface area contributed by atoms with Crippen molar-refractivity contribution in [2.24, 2.45) is 5.41 Å². The predicted molar refractivity (Wildman–Crippen MR) is 64.5 cm³/mol. The van der Waals surface area contributed by atoms with Gasteiger partial charge in [0.15, 0.2) is 5.78 Å². The lowest BCUT2D eigenvalue weighted by molar-refractivity contribution is -0.137. The molecule has 0 saturated heterocycles. The Balaban J connectivity index is 2.71. The van der Waals surface area contributed by atoms with Crippen LogP contribution in [0.2, 0.25) is 0 Å². The number of hydrogen-bond donors (Lipinski definition) is 0. The number of alkyl halides is 3. The summed E-state index contributed by atoms with van der Waals surface area (Å²) in [6, 6.07) is 4.39. The van der Waals surface area contributed by atoms with Crippen LogP contribution in [0.3, 0.4) is 0 Å². The second-order valence-electron chi connectivity index (χ2n) is 5.56. The van der Waals surface area contributed by atoms with Crippen molar-refractivity contribution in [1.29, 1.82) is 0 Å². The highest BCUT2D eigenvalue weighted by Crippen LogP contribution is 2.29. The molecule has 1 aromatic rings. The first kappa shape index (κ1) is 14.7. The average Bonchev–Trinajstić information content (AvgIpc) is 2.24. The van der Waals surface area contributed by atoms with Gasteiger partial charge in [0, 0.05) is 12.0 Å². The minimum atomic E-state index is -4.35. The number of hydrogen-bond acceptors (Lipinski definition) is 1. The second kappa shape index (κ2) is 5.12. The zero-order valence-corrected chi connectivity index (χ0v) is 10.8. The summed E-state index contributed by atoms with van der Waals surface area (Å²) in [5.41, 5.74) is -0.344. The third kappa shape index (κ3) is 4.51. The van der Waals surface area contributed by atoms with E-state index in [2.05, 4.69) is 0 Å². The molecule has 0 aliphatic rings. The summed E-state index contributed by atoms with van der Waals surface area (Å²) >= 11 is 0. The van der Waals surface area contributed by atoms with Crippen LogP contribution in [-0.2, 0) is 6.18 Å². The van der Waals surface area contributed by atoms with E-state index in [1.165, 1.54) is 12.1 Å². The maximum absolute atomic E-state index is 12.3. The second-order valence-corrected chi connectivity index (χ2v) is 5.56. The van der Waals surface area contributed by atoms with Gasteiger partial charge in [0.05, 0.1) is 5.56 Å². The van der Waals surface area contributed by atoms with E-state index in [0.29, 0.717) is 18.4 Å². The van der Waals surface area contributed by atoms with E-state index in [1.54, 1.807) is 0 Å². The number of Topliss-reactive ketones (excluding diaryl/α,β-unsaturated/α-hetero) is 1. The summed E-state index contributed by atoms with van der Waals surface area (Å²) in [5.74, 6) is -0.112. The van der Waals surface area contributed by atoms with E-state index in [1.807, 2.05) is 20.8 Å². The van der Waals surface area contributed by atoms with Crippen molar-refractivity contribution in [3.05, 3.63) is 35.4 Å². The normalized spacial score (nSPS) is 12.6. The van der Waals surface area contributed by atoms with Gasteiger partial charge in [-0.1, -0.05) is 32.9 Å². The minimum Gasteiger partial charge on any atom is -0.294 e. The molecule has 18 heavy (non-hydrogen) atoms. The maximum Gasteiger partial charge on any atom is 0.416 e. The number of rotatable bonds is 3. The maximum atomic E-state index is 12.3. The fraction of sp³-hybridized carbons (Fsp3) is 0.500. The lowest BCUT2D eigenvalue weighted by atomic mass is 9.88. The van der Waals surface area contributed by atoms with Crippen LogP contribution in [0.15, 0.2) is 24.3 Å². The Kier molecular flexibility index (Phi) is 4.20. The quantitative estimate of drug-likeness (QED) is 0.717. The van der Waals surface area contributed by atoms with Crippen LogP contribution >= 0.6 is 0 Å². The topological polar surface area (TPSA) is 17.1 Å². The Labute approximate surface area is 105 Å². The minimum absolute atomic E-state index is 0.0432. The molecule has 0 amide bonds. The van der Waals surface area contributed by atoms with Crippen molar-refractivity contribution in [3.8, 4) is 0 Å². The van der Waals surface area contributed by atoms with E-state index in [4.69, 9.17) is 0 Å². The Morgan fingerprint density at radius 3 is 1.94 bits per heavy atom. The molecule has 0 heterocycles. The van der Waals surface area contributed by atoms with Crippen molar-refractivity contribution in [2.75, 3.05) is 0 Å². The van der Waals surface area contributed by atoms with E-state index in [-0.39, 0.29) is 11.2 Å². The van der Waals surface area contributed by atoms with E-state index in [0.717, 1.165) is 12.1 Å². The number of carbonyl (C=O) groups is 1. The number of benzene rings is 1. The Hall–Kier alpha value is -1.32. The molecule has 0 N–H and O–H groups in total. The van der Waals surface area contributed by atoms with Gasteiger partial charge in [0.1, 0.15) is 0 Å². The van der Waals surface area contributed by atoms with Crippen molar-refractivity contribution in [1.82, 2.24) is 0 Å². The molecule has 0 fully saturated rings. The largest absolute Gasteiger partial charge is 0.416 e. The summed E-state index contributed by atoms with van der Waals surface area (Å²) in [5, 5.41) is 0. The van der Waals surface area contributed by atoms with Crippen LogP contribution in [0, 0.1) is 5.41 Å². The first-order valence-electron chi connectivity index (χ1n) is 5.80. The first-order valence-corrected chi connectivity index (χ1v) is 5.80. The zero-order chi connectivity index (χ0) is 14.0. The standard InChI is InChI=1S/C14H17F3O/c1-13(2,3)9-8-12(18)10-4-6-11(7-5-10)14(15,16)17/h4-7H,8-9H2,1-3H3. The summed E-state index contributed by atoms with van der Waals surface area (Å²) in [6.45, 7) is 6.06. The molecular weight excluding hydrogens is 241 g/mol. The van der Waals surface area contributed by atoms with Gasteiger partial charge in [0.25, 0.3) is 0 Å². The van der Waals surface area contributed by atoms with Gasteiger partial charge in [0.2, 0.25) is 0 Å². The third-order valence-electron chi connectivity index (χ3n) is 2.64. The van der Waals surface area contributed by atoms with E-state index in [9.17, 15) is 18.0 Å². The molecule has 100 valence electrons. The summed E-state index contributed by atoms with van der Waals surface area (Å²) in [7, 11) is 0. The molecule has 0 saturated carbocycles. The van der Waals surface area contributed by atoms with Crippen LogP contribution in [-0.4, -0.2) is 5.78 Å². The van der Waals surface area contributed by atoms with Gasteiger partial charge in [-0.25, -0.2) is 0 Å². The van der Waals surface area contributed by atoms with Crippen molar-refractivity contribution in [2.45, 2.75) is 39.8 Å². The van der Waals surface area contributed by atoms with Gasteiger partial charge in [-0.2, -0.15) is 13.2 Å². The van der Waals surface area contributed by atoms with Crippen molar-refractivity contribution < 1.29 is 18.0 Å². The van der Waals surface area contributed by atoms with Crippen LogP contribution in [0.5, 0.6) is 0 Å². The summed E-state index contributed by atoms with van der Waals surface area (Å²) < 4.78 is 37.0. The van der Waals surface area contributed by atoms with Crippen LogP contribution in [0.25, 0.3) is 0 Å². The van der Waals surface area contributed by atoms with Crippen molar-refractivity contribution in [3.63, 3.8) is 0 Å². The molecule has 0 spiro atoms. The molecule has 0 radical (unpaired) electrons. The van der Waals surface area contributed by atoms with Gasteiger partial charge < -0.3 is 0 Å². The average molecular weight is 258 g/mol. The lowest BCUT2D eigenvalue weighted by Crippen LogP contribution is -2.10. The summed E-state index contributed by atoms with van der Waals surface area (Å²) in [6.07, 6.45) is -3.28. The first-order chi connectivity index (χ1) is 8.09. The van der Waals surface area contributed by atoms with Crippen LogP contribution in [0.1, 0.15) is 49.5 Å². The Bertz CT molecular complexity index is 410. The molecule has 1 aromatic carbocycles. The SMILES string of the molecule is CC(C)(C)CCC(=O)c1ccc(C(F)(F)F)cc1. The number of ketones is 1. The Morgan fingerprint density at radius 2 is 1.56 bits per heavy atom. The molecule has 0 aromatic heterocycles. The third-order valence-corrected chi connectivity index (χ3v) is 2.64. The van der Waals surface area contributed by atoms with Gasteiger partial charge >= 0.3 is 6.18 Å². The molecule has 0 unspecified atom stereocenters. The van der Waals surface area contributed by atoms with Gasteiger partial charge in [-0.05, 0) is 24.0 Å². The highest BCUT2D eigenvalue weighted by atomic mass is 19.4. The highest BCUT2D eigenvalue weighted by molar-refractivity contribution is 5.96. The summed E-state index contributed by atoms with van der Waals surface area (Å²) in [4.78, 5) is 11.8. The van der Waals surface area contributed by atoms with Gasteiger partial charge in [-0.15, -0.1) is 0 Å². The molecule has 0 aliphatic carbocycles. The smallest absolute Gasteiger partial charge is 0.294 e. The molecule has 4 heteroatoms. The van der Waals surface area contributed by atoms with Gasteiger partial charge in [-0.3, -0.25) is 4.79 Å². The fourth-order valence-electron chi connectivity index (χ4n) is 1.48. The molecule has 0 aliphatic heterocycles. The highest BCUT2D eigenvalue weighted by Gasteiger charge is 2.30. The molecule has 1 rings (SSSR count). The fourth-order valence-corrected chi connectivity index (χ4v) is 1.48. The monoisotopic (exact) mass is 258 g/mol. The molecular formula is C14H17F3O. The van der Waals surface area contributed by atoms with E-state index >= 15 is 0 Å². The van der Waals surface area contributed by atoms with Crippen LogP contribution < -0.4 is 0 Å². The molecule has 0 atom stereocenters. The van der Waals surface area contributed by atoms with E-state index < -0.39 is 11.7 Å². The number of carbonyl (C=O) groups excluding carboxylic acids is 1. The number of halogens is 3. The molecule has 0 bridgehead atoms. The Morgan fingerprint density at radius 1 is 1.06 bits per heavy atom. The lowest BCUT2D eigenvalue weighted by Gasteiger charge is -2.17. The van der Waals surface area contributed by atoms with Crippen LogP contribution in [0.4, 0.5) is 13.2 Å². The van der Waals surface area contributed by atoms with Crippen molar-refractivity contribution >= 4 is 5.78 Å². The predicted octanol–water partition coefficient (Wildman–Crippen LogP) is 4.71. The molecule has 1 nitrogen and oxygen atoms in total.